The zero-order chi connectivity index (χ0) is 15.5. The van der Waals surface area contributed by atoms with Gasteiger partial charge in [0.2, 0.25) is 0 Å². The number of nitriles is 1. The van der Waals surface area contributed by atoms with E-state index < -0.39 is 21.6 Å². The summed E-state index contributed by atoms with van der Waals surface area (Å²) in [6.07, 6.45) is 0. The number of sulfone groups is 1. The Balaban J connectivity index is 2.19. The van der Waals surface area contributed by atoms with Crippen LogP contribution >= 0.6 is 11.3 Å². The van der Waals surface area contributed by atoms with E-state index in [2.05, 4.69) is 4.98 Å². The molecule has 8 heteroatoms. The average Bonchev–Trinajstić information content (AvgIpc) is 2.88. The minimum absolute atomic E-state index is 0.0179. The molecule has 0 aliphatic heterocycles. The number of hydrogen-bond acceptors (Lipinski definition) is 6. The van der Waals surface area contributed by atoms with Gasteiger partial charge in [0.1, 0.15) is 10.8 Å². The molecule has 21 heavy (non-hydrogen) atoms. The number of hydrogen-bond donors (Lipinski definition) is 1. The highest BCUT2D eigenvalue weighted by Gasteiger charge is 2.13. The van der Waals surface area contributed by atoms with Crippen molar-refractivity contribution in [1.29, 1.82) is 5.26 Å². The monoisotopic (exact) mass is 322 g/mol. The molecular weight excluding hydrogens is 312 g/mol. The summed E-state index contributed by atoms with van der Waals surface area (Å²) in [5.41, 5.74) is 1.27. The summed E-state index contributed by atoms with van der Waals surface area (Å²) in [5, 5.41) is 19.3. The molecular formula is C13H10N2O4S2. The highest BCUT2D eigenvalue weighted by molar-refractivity contribution is 7.90. The standard InChI is InChI=1S/C13H10N2O4S2/c14-5-6-21(18,19)8-9-1-3-10(4-2-9)12-15-11(7-20-12)13(16)17/h1-4,7H,6,8H2,(H,16,17). The zero-order valence-electron chi connectivity index (χ0n) is 10.7. The van der Waals surface area contributed by atoms with Crippen molar-refractivity contribution in [2.24, 2.45) is 0 Å². The molecule has 0 saturated carbocycles. The van der Waals surface area contributed by atoms with Crippen molar-refractivity contribution in [1.82, 2.24) is 4.98 Å². The predicted octanol–water partition coefficient (Wildman–Crippen LogP) is 1.95. The normalized spacial score (nSPS) is 11.0. The van der Waals surface area contributed by atoms with Gasteiger partial charge in [-0.3, -0.25) is 0 Å². The van der Waals surface area contributed by atoms with Crippen molar-refractivity contribution in [3.8, 4) is 16.6 Å². The van der Waals surface area contributed by atoms with Crippen LogP contribution in [0.5, 0.6) is 0 Å². The van der Waals surface area contributed by atoms with Crippen LogP contribution in [0.15, 0.2) is 29.6 Å². The Labute approximate surface area is 125 Å². The van der Waals surface area contributed by atoms with Crippen LogP contribution in [0.4, 0.5) is 0 Å². The third kappa shape index (κ3) is 3.87. The molecule has 0 spiro atoms. The maximum Gasteiger partial charge on any atom is 0.355 e. The summed E-state index contributed by atoms with van der Waals surface area (Å²) in [6, 6.07) is 8.25. The number of nitrogens with zero attached hydrogens (tertiary/aromatic N) is 2. The number of carboxylic acids is 1. The summed E-state index contributed by atoms with van der Waals surface area (Å²) >= 11 is 1.20. The number of aromatic carboxylic acids is 1. The molecule has 1 N–H and O–H groups in total. The predicted molar refractivity (Wildman–Crippen MR) is 77.6 cm³/mol. The van der Waals surface area contributed by atoms with Crippen LogP contribution in [0.2, 0.25) is 0 Å². The number of benzene rings is 1. The third-order valence-corrected chi connectivity index (χ3v) is 4.83. The van der Waals surface area contributed by atoms with Crippen LogP contribution in [0.3, 0.4) is 0 Å². The molecule has 0 amide bonds. The molecule has 1 aromatic carbocycles. The van der Waals surface area contributed by atoms with E-state index >= 15 is 0 Å². The number of rotatable bonds is 5. The van der Waals surface area contributed by atoms with Crippen molar-refractivity contribution >= 4 is 27.1 Å². The molecule has 0 saturated heterocycles. The van der Waals surface area contributed by atoms with Gasteiger partial charge in [-0.25, -0.2) is 18.2 Å². The first-order valence-corrected chi connectivity index (χ1v) is 8.47. The molecule has 1 aromatic heterocycles. The lowest BCUT2D eigenvalue weighted by Crippen LogP contribution is -2.07. The van der Waals surface area contributed by atoms with Gasteiger partial charge in [0.15, 0.2) is 15.5 Å². The second-order valence-electron chi connectivity index (χ2n) is 4.23. The fourth-order valence-corrected chi connectivity index (χ4v) is 3.45. The van der Waals surface area contributed by atoms with E-state index in [1.807, 2.05) is 0 Å². The first kappa shape index (κ1) is 15.2. The molecule has 6 nitrogen and oxygen atoms in total. The van der Waals surface area contributed by atoms with Gasteiger partial charge in [0.25, 0.3) is 0 Å². The van der Waals surface area contributed by atoms with Gasteiger partial charge in [-0.05, 0) is 5.56 Å². The highest BCUT2D eigenvalue weighted by atomic mass is 32.2. The summed E-state index contributed by atoms with van der Waals surface area (Å²) in [4.78, 5) is 14.7. The molecule has 0 unspecified atom stereocenters. The van der Waals surface area contributed by atoms with Crippen molar-refractivity contribution in [3.63, 3.8) is 0 Å². The number of carboxylic acid groups (broad SMARTS) is 1. The van der Waals surface area contributed by atoms with Crippen molar-refractivity contribution < 1.29 is 18.3 Å². The molecule has 0 aliphatic carbocycles. The van der Waals surface area contributed by atoms with Gasteiger partial charge in [-0.1, -0.05) is 24.3 Å². The van der Waals surface area contributed by atoms with Gasteiger partial charge in [-0.15, -0.1) is 11.3 Å². The average molecular weight is 322 g/mol. The third-order valence-electron chi connectivity index (χ3n) is 2.60. The Morgan fingerprint density at radius 2 is 2.00 bits per heavy atom. The molecule has 1 heterocycles. The van der Waals surface area contributed by atoms with Crippen LogP contribution in [0.1, 0.15) is 16.1 Å². The maximum absolute atomic E-state index is 11.5. The maximum atomic E-state index is 11.5. The van der Waals surface area contributed by atoms with E-state index in [1.165, 1.54) is 16.7 Å². The summed E-state index contributed by atoms with van der Waals surface area (Å²) < 4.78 is 23.1. The lowest BCUT2D eigenvalue weighted by molar-refractivity contribution is 0.0691. The fraction of sp³-hybridized carbons (Fsp3) is 0.154. The number of carbonyl (C=O) groups is 1. The van der Waals surface area contributed by atoms with Gasteiger partial charge in [0.05, 0.1) is 11.8 Å². The van der Waals surface area contributed by atoms with Crippen molar-refractivity contribution in [2.45, 2.75) is 5.75 Å². The molecule has 2 rings (SSSR count). The van der Waals surface area contributed by atoms with Crippen LogP contribution in [-0.2, 0) is 15.6 Å². The summed E-state index contributed by atoms with van der Waals surface area (Å²) in [6.45, 7) is 0. The van der Waals surface area contributed by atoms with Crippen LogP contribution in [-0.4, -0.2) is 30.2 Å². The van der Waals surface area contributed by atoms with Gasteiger partial charge < -0.3 is 5.11 Å². The minimum atomic E-state index is -3.42. The summed E-state index contributed by atoms with van der Waals surface area (Å²) in [5.74, 6) is -1.79. The number of thiazole rings is 1. The fourth-order valence-electron chi connectivity index (χ4n) is 1.65. The molecule has 0 radical (unpaired) electrons. The van der Waals surface area contributed by atoms with Crippen molar-refractivity contribution in [2.75, 3.05) is 5.75 Å². The quantitative estimate of drug-likeness (QED) is 0.901. The SMILES string of the molecule is N#CCS(=O)(=O)Cc1ccc(-c2nc(C(=O)O)cs2)cc1. The molecule has 108 valence electrons. The summed E-state index contributed by atoms with van der Waals surface area (Å²) in [7, 11) is -3.42. The van der Waals surface area contributed by atoms with Crippen LogP contribution in [0, 0.1) is 11.3 Å². The highest BCUT2D eigenvalue weighted by Crippen LogP contribution is 2.24. The van der Waals surface area contributed by atoms with E-state index in [-0.39, 0.29) is 11.4 Å². The molecule has 0 bridgehead atoms. The number of aromatic nitrogens is 1. The Bertz CT molecular complexity index is 801. The molecule has 2 aromatic rings. The van der Waals surface area contributed by atoms with E-state index in [0.717, 1.165) is 0 Å². The first-order chi connectivity index (χ1) is 9.91. The van der Waals surface area contributed by atoms with Crippen LogP contribution < -0.4 is 0 Å². The van der Waals surface area contributed by atoms with Crippen LogP contribution in [0.25, 0.3) is 10.6 Å². The lowest BCUT2D eigenvalue weighted by atomic mass is 10.2. The smallest absolute Gasteiger partial charge is 0.355 e. The Hall–Kier alpha value is -2.24. The second-order valence-corrected chi connectivity index (χ2v) is 7.15. The molecule has 0 atom stereocenters. The lowest BCUT2D eigenvalue weighted by Gasteiger charge is -2.02. The topological polar surface area (TPSA) is 108 Å². The van der Waals surface area contributed by atoms with Gasteiger partial charge in [0, 0.05) is 10.9 Å². The van der Waals surface area contributed by atoms with E-state index in [1.54, 1.807) is 30.3 Å². The van der Waals surface area contributed by atoms with Gasteiger partial charge >= 0.3 is 5.97 Å². The van der Waals surface area contributed by atoms with E-state index in [9.17, 15) is 13.2 Å². The molecule has 0 fully saturated rings. The van der Waals surface area contributed by atoms with Gasteiger partial charge in [-0.2, -0.15) is 5.26 Å². The largest absolute Gasteiger partial charge is 0.476 e. The Kier molecular flexibility index (Phi) is 4.35. The minimum Gasteiger partial charge on any atom is -0.476 e. The zero-order valence-corrected chi connectivity index (χ0v) is 12.3. The Morgan fingerprint density at radius 1 is 1.33 bits per heavy atom. The molecule has 0 aliphatic rings. The van der Waals surface area contributed by atoms with Crippen molar-refractivity contribution in [3.05, 3.63) is 40.9 Å². The Morgan fingerprint density at radius 3 is 2.52 bits per heavy atom. The van der Waals surface area contributed by atoms with E-state index in [4.69, 9.17) is 10.4 Å². The second kappa shape index (κ2) is 6.03. The van der Waals surface area contributed by atoms with E-state index in [0.29, 0.717) is 16.1 Å². The first-order valence-electron chi connectivity index (χ1n) is 5.77.